The minimum Gasteiger partial charge on any atom is -0.366 e. The average molecular weight is 378 g/mol. The van der Waals surface area contributed by atoms with Gasteiger partial charge in [-0.05, 0) is 48.6 Å². The van der Waals surface area contributed by atoms with Gasteiger partial charge in [0.1, 0.15) is 0 Å². The lowest BCUT2D eigenvalue weighted by Crippen LogP contribution is -2.63. The summed E-state index contributed by atoms with van der Waals surface area (Å²) < 4.78 is 0. The number of carbonyl (C=O) groups excluding carboxylic acids is 1. The van der Waals surface area contributed by atoms with Gasteiger partial charge in [-0.1, -0.05) is 72.0 Å². The molecule has 1 aliphatic heterocycles. The van der Waals surface area contributed by atoms with Crippen LogP contribution in [0.3, 0.4) is 0 Å². The number of rotatable bonds is 2. The van der Waals surface area contributed by atoms with E-state index in [4.69, 9.17) is 5.73 Å². The van der Waals surface area contributed by atoms with Gasteiger partial charge in [-0.3, -0.25) is 4.79 Å². The number of amides is 1. The van der Waals surface area contributed by atoms with Crippen LogP contribution in [0.1, 0.15) is 34.0 Å². The molecule has 1 heterocycles. The Balaban J connectivity index is 2.11. The van der Waals surface area contributed by atoms with Crippen LogP contribution in [0.5, 0.6) is 0 Å². The molecule has 0 saturated heterocycles. The SMILES string of the molecule is CC1=Cc2cccc(-c3c(C(N)=O)cc4c(C)c3[Si](C)(C)[Si]4(C)C)c2C1. The molecular formula is C22H27NOSi2. The molecular weight excluding hydrogens is 350 g/mol. The molecule has 4 heteroatoms. The van der Waals surface area contributed by atoms with Crippen molar-refractivity contribution in [3.05, 3.63) is 52.1 Å². The van der Waals surface area contributed by atoms with Crippen molar-refractivity contribution in [2.75, 3.05) is 0 Å². The van der Waals surface area contributed by atoms with E-state index in [1.165, 1.54) is 38.2 Å². The second-order valence-electron chi connectivity index (χ2n) is 9.00. The van der Waals surface area contributed by atoms with Gasteiger partial charge in [0, 0.05) is 5.56 Å². The highest BCUT2D eigenvalue weighted by Crippen LogP contribution is 2.39. The molecule has 0 saturated carbocycles. The molecule has 0 radical (unpaired) electrons. The Morgan fingerprint density at radius 1 is 1.08 bits per heavy atom. The molecule has 4 rings (SSSR count). The molecule has 0 fully saturated rings. The van der Waals surface area contributed by atoms with Gasteiger partial charge in [-0.15, -0.1) is 0 Å². The monoisotopic (exact) mass is 377 g/mol. The number of carbonyl (C=O) groups is 1. The zero-order valence-corrected chi connectivity index (χ0v) is 18.6. The van der Waals surface area contributed by atoms with E-state index in [-0.39, 0.29) is 5.91 Å². The molecule has 2 aromatic carbocycles. The molecule has 2 bridgehead atoms. The second kappa shape index (κ2) is 5.30. The largest absolute Gasteiger partial charge is 0.366 e. The molecule has 2 nitrogen and oxygen atoms in total. The molecule has 1 aliphatic carbocycles. The molecule has 134 valence electrons. The summed E-state index contributed by atoms with van der Waals surface area (Å²) in [5, 5.41) is 2.93. The summed E-state index contributed by atoms with van der Waals surface area (Å²) in [5.41, 5.74) is 14.5. The number of allylic oxidation sites excluding steroid dienone is 1. The van der Waals surface area contributed by atoms with Crippen LogP contribution in [0.15, 0.2) is 29.8 Å². The summed E-state index contributed by atoms with van der Waals surface area (Å²) in [4.78, 5) is 12.5. The van der Waals surface area contributed by atoms with E-state index in [0.717, 1.165) is 17.5 Å². The summed E-state index contributed by atoms with van der Waals surface area (Å²) in [6.45, 7) is 14.4. The van der Waals surface area contributed by atoms with E-state index in [1.54, 1.807) is 0 Å². The van der Waals surface area contributed by atoms with Crippen LogP contribution in [0.25, 0.3) is 17.2 Å². The van der Waals surface area contributed by atoms with Crippen molar-refractivity contribution >= 4 is 37.5 Å². The van der Waals surface area contributed by atoms with E-state index >= 15 is 0 Å². The van der Waals surface area contributed by atoms with Crippen molar-refractivity contribution < 1.29 is 4.79 Å². The Morgan fingerprint density at radius 2 is 1.77 bits per heavy atom. The highest BCUT2D eigenvalue weighted by molar-refractivity contribution is 7.51. The van der Waals surface area contributed by atoms with Crippen molar-refractivity contribution in [1.29, 1.82) is 0 Å². The van der Waals surface area contributed by atoms with Crippen LogP contribution in [0, 0.1) is 6.92 Å². The third kappa shape index (κ3) is 2.06. The van der Waals surface area contributed by atoms with E-state index < -0.39 is 15.2 Å². The summed E-state index contributed by atoms with van der Waals surface area (Å²) >= 11 is 0. The second-order valence-corrected chi connectivity index (χ2v) is 24.0. The molecule has 2 N–H and O–H groups in total. The zero-order valence-electron chi connectivity index (χ0n) is 16.6. The Kier molecular flexibility index (Phi) is 3.57. The first-order chi connectivity index (χ1) is 12.1. The van der Waals surface area contributed by atoms with Crippen LogP contribution in [-0.4, -0.2) is 21.1 Å². The maximum absolute atomic E-state index is 12.5. The number of nitrogens with two attached hydrogens (primary N) is 1. The first kappa shape index (κ1) is 17.5. The molecule has 26 heavy (non-hydrogen) atoms. The first-order valence-corrected chi connectivity index (χ1v) is 16.3. The molecule has 0 spiro atoms. The Hall–Kier alpha value is -1.92. The number of primary amides is 1. The van der Waals surface area contributed by atoms with E-state index in [1.807, 2.05) is 0 Å². The maximum Gasteiger partial charge on any atom is 0.249 e. The molecule has 1 amide bonds. The van der Waals surface area contributed by atoms with E-state index in [2.05, 4.69) is 70.4 Å². The summed E-state index contributed by atoms with van der Waals surface area (Å²) in [7, 11) is -3.28. The van der Waals surface area contributed by atoms with Crippen LogP contribution in [-0.2, 0) is 6.42 Å². The number of hydrogen-bond donors (Lipinski definition) is 1. The predicted octanol–water partition coefficient (Wildman–Crippen LogP) is 3.64. The van der Waals surface area contributed by atoms with E-state index in [0.29, 0.717) is 0 Å². The molecule has 2 aliphatic rings. The number of benzene rings is 2. The van der Waals surface area contributed by atoms with Crippen LogP contribution < -0.4 is 16.1 Å². The van der Waals surface area contributed by atoms with Gasteiger partial charge in [-0.25, -0.2) is 0 Å². The molecule has 0 aromatic heterocycles. The lowest BCUT2D eigenvalue weighted by atomic mass is 9.91. The first-order valence-electron chi connectivity index (χ1n) is 9.35. The highest BCUT2D eigenvalue weighted by atomic mass is 29.3. The molecule has 2 aromatic rings. The van der Waals surface area contributed by atoms with Crippen molar-refractivity contribution in [3.8, 4) is 11.1 Å². The van der Waals surface area contributed by atoms with Gasteiger partial charge < -0.3 is 5.73 Å². The summed E-state index contributed by atoms with van der Waals surface area (Å²) in [5.74, 6) is -0.292. The third-order valence-corrected chi connectivity index (χ3v) is 24.9. The number of fused-ring (bicyclic) bond motifs is 3. The minimum absolute atomic E-state index is 0.292. The van der Waals surface area contributed by atoms with Gasteiger partial charge in [-0.2, -0.15) is 0 Å². The molecule has 0 unspecified atom stereocenters. The lowest BCUT2D eigenvalue weighted by molar-refractivity contribution is 0.100. The van der Waals surface area contributed by atoms with Crippen molar-refractivity contribution in [2.45, 2.75) is 46.5 Å². The van der Waals surface area contributed by atoms with Gasteiger partial charge in [0.15, 0.2) is 0 Å². The third-order valence-electron chi connectivity index (χ3n) is 7.05. The van der Waals surface area contributed by atoms with Crippen molar-refractivity contribution in [1.82, 2.24) is 0 Å². The quantitative estimate of drug-likeness (QED) is 0.798. The lowest BCUT2D eigenvalue weighted by Gasteiger charge is -2.33. The summed E-state index contributed by atoms with van der Waals surface area (Å²) in [6, 6.07) is 8.65. The number of hydrogen-bond acceptors (Lipinski definition) is 1. The fourth-order valence-corrected chi connectivity index (χ4v) is 15.7. The summed E-state index contributed by atoms with van der Waals surface area (Å²) in [6.07, 6.45) is 3.23. The van der Waals surface area contributed by atoms with Gasteiger partial charge in [0.2, 0.25) is 5.91 Å². The van der Waals surface area contributed by atoms with Gasteiger partial charge in [0.05, 0.1) is 15.2 Å². The topological polar surface area (TPSA) is 43.1 Å². The fraction of sp³-hybridized carbons (Fsp3) is 0.318. The van der Waals surface area contributed by atoms with Crippen molar-refractivity contribution in [2.24, 2.45) is 5.73 Å². The average Bonchev–Trinajstić information content (AvgIpc) is 2.95. The fourth-order valence-electron chi connectivity index (χ4n) is 5.10. The van der Waals surface area contributed by atoms with Crippen LogP contribution >= 0.6 is 0 Å². The van der Waals surface area contributed by atoms with Gasteiger partial charge >= 0.3 is 0 Å². The Labute approximate surface area is 157 Å². The van der Waals surface area contributed by atoms with Crippen molar-refractivity contribution in [3.63, 3.8) is 0 Å². The van der Waals surface area contributed by atoms with Crippen LogP contribution in [0.4, 0.5) is 0 Å². The normalized spacial score (nSPS) is 18.6. The van der Waals surface area contributed by atoms with Crippen LogP contribution in [0.2, 0.25) is 26.2 Å². The Morgan fingerprint density at radius 3 is 2.42 bits per heavy atom. The molecule has 0 atom stereocenters. The minimum atomic E-state index is -1.68. The van der Waals surface area contributed by atoms with Gasteiger partial charge in [0.25, 0.3) is 0 Å². The maximum atomic E-state index is 12.5. The smallest absolute Gasteiger partial charge is 0.249 e. The standard InChI is InChI=1S/C22H27NOSi2/c1-13-10-15-8-7-9-16(17(15)11-13)20-18(22(23)24)12-19-14(2)21(20)26(5,6)25(19,3)4/h7-10,12H,11H2,1-6H3,(H2,23,24). The highest BCUT2D eigenvalue weighted by Gasteiger charge is 2.52. The Bertz CT molecular complexity index is 1020. The van der Waals surface area contributed by atoms with E-state index in [9.17, 15) is 4.79 Å². The zero-order chi connectivity index (χ0) is 19.0. The predicted molar refractivity (Wildman–Crippen MR) is 117 cm³/mol.